The molecule has 1 amide bonds. The number of amides is 1. The van der Waals surface area contributed by atoms with Gasteiger partial charge in [0.25, 0.3) is 0 Å². The van der Waals surface area contributed by atoms with Crippen LogP contribution >= 0.6 is 0 Å². The highest BCUT2D eigenvalue weighted by atomic mass is 16.3. The van der Waals surface area contributed by atoms with Gasteiger partial charge in [-0.2, -0.15) is 0 Å². The summed E-state index contributed by atoms with van der Waals surface area (Å²) >= 11 is 0. The SMILES string of the molecule is CN(C(=O)[C@@H]1CCCNC1)c1cccc(O)c1. The first-order chi connectivity index (χ1) is 8.18. The predicted molar refractivity (Wildman–Crippen MR) is 67.1 cm³/mol. The molecule has 4 heteroatoms. The molecule has 0 bridgehead atoms. The highest BCUT2D eigenvalue weighted by Gasteiger charge is 2.24. The number of benzene rings is 1. The average Bonchev–Trinajstić information content (AvgIpc) is 2.38. The molecule has 1 aliphatic rings. The predicted octanol–water partition coefficient (Wildman–Crippen LogP) is 1.35. The van der Waals surface area contributed by atoms with Crippen LogP contribution in [0, 0.1) is 5.92 Å². The minimum atomic E-state index is 0.0519. The molecule has 1 atom stereocenters. The van der Waals surface area contributed by atoms with Crippen molar-refractivity contribution in [2.75, 3.05) is 25.0 Å². The molecule has 0 radical (unpaired) electrons. The minimum absolute atomic E-state index is 0.0519. The van der Waals surface area contributed by atoms with Crippen molar-refractivity contribution in [3.05, 3.63) is 24.3 Å². The number of anilines is 1. The summed E-state index contributed by atoms with van der Waals surface area (Å²) < 4.78 is 0. The van der Waals surface area contributed by atoms with Crippen LogP contribution in [-0.4, -0.2) is 31.2 Å². The largest absolute Gasteiger partial charge is 0.508 e. The van der Waals surface area contributed by atoms with Crippen molar-refractivity contribution in [1.82, 2.24) is 5.32 Å². The lowest BCUT2D eigenvalue weighted by atomic mass is 9.98. The molecule has 4 nitrogen and oxygen atoms in total. The molecule has 1 heterocycles. The van der Waals surface area contributed by atoms with Crippen LogP contribution in [-0.2, 0) is 4.79 Å². The van der Waals surface area contributed by atoms with Crippen molar-refractivity contribution in [2.24, 2.45) is 5.92 Å². The molecule has 92 valence electrons. The number of nitrogens with zero attached hydrogens (tertiary/aromatic N) is 1. The number of hydrogen-bond donors (Lipinski definition) is 2. The third-order valence-corrected chi connectivity index (χ3v) is 3.19. The molecule has 1 aliphatic heterocycles. The van der Waals surface area contributed by atoms with E-state index in [0.29, 0.717) is 0 Å². The molecule has 0 saturated carbocycles. The molecule has 2 N–H and O–H groups in total. The van der Waals surface area contributed by atoms with Crippen molar-refractivity contribution in [2.45, 2.75) is 12.8 Å². The Balaban J connectivity index is 2.08. The molecule has 0 unspecified atom stereocenters. The first-order valence-corrected chi connectivity index (χ1v) is 5.96. The molecule has 0 aliphatic carbocycles. The Morgan fingerprint density at radius 1 is 1.53 bits per heavy atom. The first-order valence-electron chi connectivity index (χ1n) is 5.96. The van der Waals surface area contributed by atoms with Crippen molar-refractivity contribution < 1.29 is 9.90 Å². The van der Waals surface area contributed by atoms with Crippen molar-refractivity contribution in [3.63, 3.8) is 0 Å². The average molecular weight is 234 g/mol. The van der Waals surface area contributed by atoms with Crippen LogP contribution < -0.4 is 10.2 Å². The molecular formula is C13H18N2O2. The van der Waals surface area contributed by atoms with E-state index >= 15 is 0 Å². The van der Waals surface area contributed by atoms with Crippen molar-refractivity contribution in [3.8, 4) is 5.75 Å². The van der Waals surface area contributed by atoms with E-state index in [4.69, 9.17) is 0 Å². The second-order valence-electron chi connectivity index (χ2n) is 4.46. The number of nitrogens with one attached hydrogen (secondary N) is 1. The third-order valence-electron chi connectivity index (χ3n) is 3.19. The van der Waals surface area contributed by atoms with Gasteiger partial charge in [-0.3, -0.25) is 4.79 Å². The third kappa shape index (κ3) is 2.77. The maximum absolute atomic E-state index is 12.2. The number of piperidine rings is 1. The molecule has 0 spiro atoms. The number of phenolic OH excluding ortho intramolecular Hbond substituents is 1. The quantitative estimate of drug-likeness (QED) is 0.812. The van der Waals surface area contributed by atoms with Crippen molar-refractivity contribution in [1.29, 1.82) is 0 Å². The zero-order valence-corrected chi connectivity index (χ0v) is 10.0. The number of carbonyl (C=O) groups is 1. The fourth-order valence-corrected chi connectivity index (χ4v) is 2.17. The smallest absolute Gasteiger partial charge is 0.231 e. The molecule has 1 aromatic carbocycles. The van der Waals surface area contributed by atoms with Crippen LogP contribution in [0.1, 0.15) is 12.8 Å². The standard InChI is InChI=1S/C13H18N2O2/c1-15(11-5-2-6-12(16)8-11)13(17)10-4-3-7-14-9-10/h2,5-6,8,10,14,16H,3-4,7,9H2,1H3/t10-/m1/s1. The van der Waals surface area contributed by atoms with Gasteiger partial charge in [0.05, 0.1) is 5.92 Å². The number of rotatable bonds is 2. The van der Waals surface area contributed by atoms with E-state index in [1.807, 2.05) is 6.07 Å². The van der Waals surface area contributed by atoms with Gasteiger partial charge in [-0.15, -0.1) is 0 Å². The number of hydrogen-bond acceptors (Lipinski definition) is 3. The Morgan fingerprint density at radius 3 is 3.00 bits per heavy atom. The van der Waals surface area contributed by atoms with Gasteiger partial charge < -0.3 is 15.3 Å². The maximum atomic E-state index is 12.2. The van der Waals surface area contributed by atoms with Gasteiger partial charge in [-0.1, -0.05) is 6.07 Å². The molecule has 0 aromatic heterocycles. The van der Waals surface area contributed by atoms with E-state index in [1.165, 1.54) is 0 Å². The van der Waals surface area contributed by atoms with Gasteiger partial charge in [0.1, 0.15) is 5.75 Å². The minimum Gasteiger partial charge on any atom is -0.508 e. The van der Waals surface area contributed by atoms with E-state index in [1.54, 1.807) is 30.1 Å². The summed E-state index contributed by atoms with van der Waals surface area (Å²) in [5, 5.41) is 12.6. The molecule has 1 fully saturated rings. The topological polar surface area (TPSA) is 52.6 Å². The zero-order chi connectivity index (χ0) is 12.3. The summed E-state index contributed by atoms with van der Waals surface area (Å²) in [5.41, 5.74) is 0.737. The Labute approximate surface area is 101 Å². The Bertz CT molecular complexity index is 400. The second-order valence-corrected chi connectivity index (χ2v) is 4.46. The lowest BCUT2D eigenvalue weighted by molar-refractivity contribution is -0.122. The van der Waals surface area contributed by atoms with E-state index < -0.39 is 0 Å². The van der Waals surface area contributed by atoms with Gasteiger partial charge in [0.15, 0.2) is 0 Å². The summed E-state index contributed by atoms with van der Waals surface area (Å²) in [6.45, 7) is 1.75. The summed E-state index contributed by atoms with van der Waals surface area (Å²) in [7, 11) is 1.76. The Kier molecular flexibility index (Phi) is 3.64. The van der Waals surface area contributed by atoms with E-state index in [-0.39, 0.29) is 17.6 Å². The monoisotopic (exact) mass is 234 g/mol. The molecular weight excluding hydrogens is 216 g/mol. The van der Waals surface area contributed by atoms with Crippen LogP contribution in [0.15, 0.2) is 24.3 Å². The molecule has 1 saturated heterocycles. The van der Waals surface area contributed by atoms with E-state index in [9.17, 15) is 9.90 Å². The van der Waals surface area contributed by atoms with Gasteiger partial charge in [0.2, 0.25) is 5.91 Å². The fourth-order valence-electron chi connectivity index (χ4n) is 2.17. The van der Waals surface area contributed by atoms with E-state index in [0.717, 1.165) is 31.6 Å². The van der Waals surface area contributed by atoms with Gasteiger partial charge >= 0.3 is 0 Å². The lowest BCUT2D eigenvalue weighted by Crippen LogP contribution is -2.41. The van der Waals surface area contributed by atoms with Crippen LogP contribution in [0.25, 0.3) is 0 Å². The number of aromatic hydroxyl groups is 1. The summed E-state index contributed by atoms with van der Waals surface area (Å²) in [6, 6.07) is 6.78. The highest BCUT2D eigenvalue weighted by molar-refractivity contribution is 5.94. The van der Waals surface area contributed by atoms with Crippen LogP contribution in [0.4, 0.5) is 5.69 Å². The van der Waals surface area contributed by atoms with Gasteiger partial charge in [-0.05, 0) is 31.5 Å². The fraction of sp³-hybridized carbons (Fsp3) is 0.462. The van der Waals surface area contributed by atoms with Crippen LogP contribution in [0.5, 0.6) is 5.75 Å². The van der Waals surface area contributed by atoms with Crippen LogP contribution in [0.3, 0.4) is 0 Å². The normalized spacial score (nSPS) is 19.9. The molecule has 17 heavy (non-hydrogen) atoms. The molecule has 1 aromatic rings. The summed E-state index contributed by atoms with van der Waals surface area (Å²) in [4.78, 5) is 13.8. The second kappa shape index (κ2) is 5.19. The summed E-state index contributed by atoms with van der Waals surface area (Å²) in [6.07, 6.45) is 1.99. The summed E-state index contributed by atoms with van der Waals surface area (Å²) in [5.74, 6) is 0.350. The molecule has 2 rings (SSSR count). The lowest BCUT2D eigenvalue weighted by Gasteiger charge is -2.27. The maximum Gasteiger partial charge on any atom is 0.231 e. The zero-order valence-electron chi connectivity index (χ0n) is 10.0. The Morgan fingerprint density at radius 2 is 2.35 bits per heavy atom. The van der Waals surface area contributed by atoms with E-state index in [2.05, 4.69) is 5.32 Å². The number of phenols is 1. The first kappa shape index (κ1) is 11.9. The van der Waals surface area contributed by atoms with Crippen LogP contribution in [0.2, 0.25) is 0 Å². The van der Waals surface area contributed by atoms with Crippen molar-refractivity contribution >= 4 is 11.6 Å². The highest BCUT2D eigenvalue weighted by Crippen LogP contribution is 2.22. The Hall–Kier alpha value is -1.55. The van der Waals surface area contributed by atoms with Gasteiger partial charge in [0, 0.05) is 25.3 Å². The van der Waals surface area contributed by atoms with Gasteiger partial charge in [-0.25, -0.2) is 0 Å². The number of carbonyl (C=O) groups excluding carboxylic acids is 1.